The summed E-state index contributed by atoms with van der Waals surface area (Å²) in [5, 5.41) is 14.2. The van der Waals surface area contributed by atoms with Crippen molar-refractivity contribution in [2.45, 2.75) is 76.0 Å². The Kier molecular flexibility index (Phi) is 10.4. The maximum absolute atomic E-state index is 15.1. The minimum Gasteiger partial charge on any atom is -0.455 e. The molecule has 2 fully saturated rings. The number of nitrogens with one attached hydrogen (secondary N) is 1. The van der Waals surface area contributed by atoms with Crippen molar-refractivity contribution in [3.8, 4) is 0 Å². The summed E-state index contributed by atoms with van der Waals surface area (Å²) in [4.78, 5) is 60.4. The number of hydrogen-bond donors (Lipinski definition) is 2. The molecule has 0 aromatic heterocycles. The molecule has 2 saturated heterocycles. The third-order valence-corrected chi connectivity index (χ3v) is 11.3. The van der Waals surface area contributed by atoms with Crippen LogP contribution in [0.2, 0.25) is 5.02 Å². The highest BCUT2D eigenvalue weighted by Crippen LogP contribution is 2.59. The average molecular weight is 755 g/mol. The molecule has 2 N–H and O–H groups in total. The fourth-order valence-corrected chi connectivity index (χ4v) is 8.55. The number of nitrogens with zero attached hydrogens (tertiary/aromatic N) is 2. The number of amides is 3. The molecular formula is C37H41BrClN3O7. The van der Waals surface area contributed by atoms with E-state index in [9.17, 15) is 19.5 Å². The van der Waals surface area contributed by atoms with Crippen molar-refractivity contribution >= 4 is 56.9 Å². The number of anilines is 1. The van der Waals surface area contributed by atoms with Gasteiger partial charge in [0.2, 0.25) is 11.8 Å². The molecular weight excluding hydrogens is 714 g/mol. The van der Waals surface area contributed by atoms with E-state index in [1.807, 2.05) is 56.3 Å². The van der Waals surface area contributed by atoms with Crippen LogP contribution >= 0.6 is 27.5 Å². The van der Waals surface area contributed by atoms with E-state index < -0.39 is 65.6 Å². The number of halogens is 2. The first kappa shape index (κ1) is 35.3. The van der Waals surface area contributed by atoms with Gasteiger partial charge >= 0.3 is 5.97 Å². The van der Waals surface area contributed by atoms with Gasteiger partial charge in [0.25, 0.3) is 5.91 Å². The number of carbonyl (C=O) groups excluding carboxylic acids is 4. The van der Waals surface area contributed by atoms with Crippen LogP contribution in [0, 0.1) is 17.8 Å². The molecule has 0 unspecified atom stereocenters. The number of benzene rings is 2. The van der Waals surface area contributed by atoms with Gasteiger partial charge in [0, 0.05) is 28.2 Å². The van der Waals surface area contributed by atoms with Gasteiger partial charge in [0.1, 0.15) is 29.8 Å². The van der Waals surface area contributed by atoms with Crippen LogP contribution in [0.25, 0.3) is 0 Å². The van der Waals surface area contributed by atoms with E-state index in [-0.39, 0.29) is 31.4 Å². The molecule has 2 aromatic rings. The van der Waals surface area contributed by atoms with Gasteiger partial charge in [0.05, 0.1) is 24.6 Å². The molecule has 10 nitrogen and oxygen atoms in total. The number of cyclic esters (lactones) is 1. The highest BCUT2D eigenvalue weighted by molar-refractivity contribution is 9.11. The van der Waals surface area contributed by atoms with Crippen LogP contribution < -0.4 is 10.2 Å². The number of hydrogen-bond acceptors (Lipinski definition) is 7. The average Bonchev–Trinajstić information content (AvgIpc) is 3.69. The first-order valence-electron chi connectivity index (χ1n) is 16.8. The second kappa shape index (κ2) is 14.4. The van der Waals surface area contributed by atoms with Gasteiger partial charge in [-0.25, -0.2) is 0 Å². The lowest BCUT2D eigenvalue weighted by Gasteiger charge is -2.40. The Morgan fingerprint density at radius 3 is 2.43 bits per heavy atom. The van der Waals surface area contributed by atoms with Gasteiger partial charge in [-0.1, -0.05) is 90.3 Å². The van der Waals surface area contributed by atoms with Gasteiger partial charge in [-0.2, -0.15) is 0 Å². The molecule has 6 rings (SSSR count). The molecule has 4 heterocycles. The number of ether oxygens (including phenoxy) is 2. The largest absolute Gasteiger partial charge is 0.455 e. The first-order valence-corrected chi connectivity index (χ1v) is 17.9. The first-order chi connectivity index (χ1) is 23.5. The van der Waals surface area contributed by atoms with E-state index in [4.69, 9.17) is 21.1 Å². The summed E-state index contributed by atoms with van der Waals surface area (Å²) in [5.74, 6) is -4.17. The Balaban J connectivity index is 1.51. The predicted octanol–water partition coefficient (Wildman–Crippen LogP) is 5.09. The van der Waals surface area contributed by atoms with E-state index in [0.29, 0.717) is 33.6 Å². The standard InChI is InChI=1S/C37H41BrClN3O7/c1-4-21(2)27(20-43)42-33-35(46)41(25-16-14-24(39)15-17-25)18-10-6-9-13-28(44)40-22(3)31(23-11-7-5-8-12-23)48-36(47)29-30(34(42)45)37(33)19-26(38)32(29)49-37/h5-8,10-12,14-17,19,21-22,27,29-33,43H,4,9,13,18,20H2,1-3H3,(H,40,44)/b10-6-/t21-,22+,27-,29-,30+,31-,32-,33-,37+/m0/s1. The Bertz CT molecular complexity index is 1650. The lowest BCUT2D eigenvalue weighted by molar-refractivity contribution is -0.162. The van der Waals surface area contributed by atoms with Gasteiger partial charge in [-0.05, 0) is 55.2 Å². The summed E-state index contributed by atoms with van der Waals surface area (Å²) < 4.78 is 13.4. The number of esters is 1. The zero-order chi connectivity index (χ0) is 35.0. The minimum atomic E-state index is -1.52. The summed E-state index contributed by atoms with van der Waals surface area (Å²) in [7, 11) is 0. The molecule has 4 aliphatic heterocycles. The van der Waals surface area contributed by atoms with Crippen LogP contribution in [0.3, 0.4) is 0 Å². The lowest BCUT2D eigenvalue weighted by Crippen LogP contribution is -2.59. The molecule has 49 heavy (non-hydrogen) atoms. The number of fused-ring (bicyclic) bond motifs is 2. The van der Waals surface area contributed by atoms with Gasteiger partial charge in [0.15, 0.2) is 0 Å². The van der Waals surface area contributed by atoms with Crippen LogP contribution in [0.5, 0.6) is 0 Å². The third-order valence-electron chi connectivity index (χ3n) is 10.3. The SMILES string of the molecule is CC[C@H](C)[C@H](CO)N1C(=O)[C@H]2[C@@H]3C(=O)O[C@H](c4ccccc4)[C@@H](C)NC(=O)CC/C=C\CN(c4ccc(Cl)cc4)C(=O)[C@H]1[C@@]21C=C(Br)[C@@H]3O1. The maximum Gasteiger partial charge on any atom is 0.313 e. The predicted molar refractivity (Wildman–Crippen MR) is 188 cm³/mol. The van der Waals surface area contributed by atoms with E-state index in [1.165, 1.54) is 4.90 Å². The Morgan fingerprint density at radius 1 is 1.04 bits per heavy atom. The summed E-state index contributed by atoms with van der Waals surface area (Å²) in [6.45, 7) is 5.41. The molecule has 0 radical (unpaired) electrons. The molecule has 4 aliphatic rings. The van der Waals surface area contributed by atoms with Crippen LogP contribution in [-0.2, 0) is 28.7 Å². The third kappa shape index (κ3) is 6.35. The monoisotopic (exact) mass is 753 g/mol. The molecule has 260 valence electrons. The summed E-state index contributed by atoms with van der Waals surface area (Å²) in [6, 6.07) is 13.4. The summed E-state index contributed by atoms with van der Waals surface area (Å²) >= 11 is 9.82. The number of allylic oxidation sites excluding steroid dienone is 1. The van der Waals surface area contributed by atoms with Crippen molar-refractivity contribution in [2.24, 2.45) is 17.8 Å². The molecule has 3 amide bonds. The highest BCUT2D eigenvalue weighted by Gasteiger charge is 2.75. The maximum atomic E-state index is 15.1. The number of carbonyl (C=O) groups is 4. The van der Waals surface area contributed by atoms with Crippen molar-refractivity contribution in [1.82, 2.24) is 10.2 Å². The summed E-state index contributed by atoms with van der Waals surface area (Å²) in [6.07, 6.45) is 4.89. The van der Waals surface area contributed by atoms with Crippen molar-refractivity contribution in [2.75, 3.05) is 18.1 Å². The van der Waals surface area contributed by atoms with Crippen LogP contribution in [0.4, 0.5) is 5.69 Å². The van der Waals surface area contributed by atoms with E-state index in [1.54, 1.807) is 42.2 Å². The number of aliphatic hydroxyl groups excluding tert-OH is 1. The Hall–Kier alpha value is -3.51. The number of rotatable bonds is 6. The van der Waals surface area contributed by atoms with Crippen LogP contribution in [0.15, 0.2) is 77.3 Å². The zero-order valence-electron chi connectivity index (χ0n) is 27.6. The van der Waals surface area contributed by atoms with E-state index in [0.717, 1.165) is 0 Å². The van der Waals surface area contributed by atoms with Crippen molar-refractivity contribution in [3.05, 3.63) is 87.9 Å². The normalized spacial score (nSPS) is 32.3. The molecule has 1 spiro atoms. The quantitative estimate of drug-likeness (QED) is 0.311. The van der Waals surface area contributed by atoms with Crippen LogP contribution in [-0.4, -0.2) is 76.7 Å². The van der Waals surface area contributed by atoms with Crippen LogP contribution in [0.1, 0.15) is 51.7 Å². The van der Waals surface area contributed by atoms with Crippen molar-refractivity contribution in [1.29, 1.82) is 0 Å². The van der Waals surface area contributed by atoms with E-state index >= 15 is 4.79 Å². The molecule has 9 atom stereocenters. The Labute approximate surface area is 299 Å². The highest BCUT2D eigenvalue weighted by atomic mass is 79.9. The second-order valence-corrected chi connectivity index (χ2v) is 14.6. The molecule has 12 heteroatoms. The molecule has 2 aromatic carbocycles. The fraction of sp³-hybridized carbons (Fsp3) is 0.459. The fourth-order valence-electron chi connectivity index (χ4n) is 7.69. The Morgan fingerprint density at radius 2 is 1.76 bits per heavy atom. The van der Waals surface area contributed by atoms with Gasteiger partial charge in [-0.3, -0.25) is 19.2 Å². The number of likely N-dealkylation sites (tertiary alicyclic amines) is 1. The second-order valence-electron chi connectivity index (χ2n) is 13.3. The van der Waals surface area contributed by atoms with Gasteiger partial charge in [-0.15, -0.1) is 0 Å². The summed E-state index contributed by atoms with van der Waals surface area (Å²) in [5.41, 5.74) is -0.303. The molecule has 0 saturated carbocycles. The van der Waals surface area contributed by atoms with Crippen molar-refractivity contribution < 1.29 is 33.8 Å². The van der Waals surface area contributed by atoms with Crippen molar-refractivity contribution in [3.63, 3.8) is 0 Å². The van der Waals surface area contributed by atoms with Gasteiger partial charge < -0.3 is 29.7 Å². The number of aliphatic hydroxyl groups is 1. The lowest BCUT2D eigenvalue weighted by atomic mass is 9.74. The zero-order valence-corrected chi connectivity index (χ0v) is 30.0. The molecule has 0 aliphatic carbocycles. The van der Waals surface area contributed by atoms with E-state index in [2.05, 4.69) is 21.2 Å². The smallest absolute Gasteiger partial charge is 0.313 e. The minimum absolute atomic E-state index is 0.126. The topological polar surface area (TPSA) is 125 Å². The molecule has 5 bridgehead atoms.